The van der Waals surface area contributed by atoms with Crippen LogP contribution in [-0.4, -0.2) is 34.8 Å². The summed E-state index contributed by atoms with van der Waals surface area (Å²) < 4.78 is 1.88. The summed E-state index contributed by atoms with van der Waals surface area (Å²) in [5.74, 6) is -0.373. The zero-order valence-electron chi connectivity index (χ0n) is 12.7. The van der Waals surface area contributed by atoms with Crippen LogP contribution in [0.5, 0.6) is 0 Å². The van der Waals surface area contributed by atoms with Crippen LogP contribution in [0.3, 0.4) is 0 Å². The quantitative estimate of drug-likeness (QED) is 0.859. The smallest absolute Gasteiger partial charge is 0.250 e. The van der Waals surface area contributed by atoms with E-state index >= 15 is 0 Å². The van der Waals surface area contributed by atoms with Gasteiger partial charge in [0.05, 0.1) is 11.3 Å². The Morgan fingerprint density at radius 3 is 2.95 bits per heavy atom. The molecule has 1 fully saturated rings. The zero-order valence-corrected chi connectivity index (χ0v) is 12.7. The number of carbonyl (C=O) groups is 1. The van der Waals surface area contributed by atoms with Crippen LogP contribution in [0.25, 0.3) is 0 Å². The van der Waals surface area contributed by atoms with Gasteiger partial charge in [-0.15, -0.1) is 0 Å². The minimum absolute atomic E-state index is 0.373. The van der Waals surface area contributed by atoms with Crippen LogP contribution >= 0.6 is 0 Å². The molecule has 6 nitrogen and oxygen atoms in total. The minimum atomic E-state index is -0.373. The number of nitrogens with two attached hydrogens (primary N) is 1. The maximum atomic E-state index is 11.5. The Labute approximate surface area is 129 Å². The van der Waals surface area contributed by atoms with E-state index in [-0.39, 0.29) is 5.91 Å². The molecule has 1 atom stereocenters. The molecule has 1 aromatic carbocycles. The molecular weight excluding hydrogens is 278 g/mol. The van der Waals surface area contributed by atoms with Gasteiger partial charge in [0.25, 0.3) is 5.91 Å². The molecule has 2 heterocycles. The van der Waals surface area contributed by atoms with E-state index in [4.69, 9.17) is 5.73 Å². The number of benzene rings is 1. The van der Waals surface area contributed by atoms with Crippen LogP contribution in [-0.2, 0) is 13.6 Å². The number of nitrogens with zero attached hydrogens (tertiary/aromatic N) is 3. The predicted octanol–water partition coefficient (Wildman–Crippen LogP) is 0.888. The number of rotatable bonds is 5. The Morgan fingerprint density at radius 2 is 2.23 bits per heavy atom. The van der Waals surface area contributed by atoms with Crippen molar-refractivity contribution >= 4 is 11.6 Å². The lowest BCUT2D eigenvalue weighted by molar-refractivity contribution is 0.100. The lowest BCUT2D eigenvalue weighted by Gasteiger charge is -2.21. The Kier molecular flexibility index (Phi) is 4.11. The fourth-order valence-corrected chi connectivity index (χ4v) is 2.93. The highest BCUT2D eigenvalue weighted by molar-refractivity contribution is 5.98. The van der Waals surface area contributed by atoms with E-state index in [1.807, 2.05) is 36.0 Å². The van der Waals surface area contributed by atoms with Gasteiger partial charge in [0.2, 0.25) is 0 Å². The summed E-state index contributed by atoms with van der Waals surface area (Å²) in [6.45, 7) is 2.60. The fourth-order valence-electron chi connectivity index (χ4n) is 2.93. The molecule has 22 heavy (non-hydrogen) atoms. The van der Waals surface area contributed by atoms with E-state index in [1.165, 1.54) is 0 Å². The number of aryl methyl sites for hydroxylation is 1. The van der Waals surface area contributed by atoms with Crippen LogP contribution in [0.4, 0.5) is 5.69 Å². The molecule has 1 unspecified atom stereocenters. The van der Waals surface area contributed by atoms with Crippen LogP contribution in [0.1, 0.15) is 22.5 Å². The number of hydrogen-bond donors (Lipinski definition) is 2. The van der Waals surface area contributed by atoms with Crippen molar-refractivity contribution in [1.29, 1.82) is 0 Å². The molecule has 0 radical (unpaired) electrons. The van der Waals surface area contributed by atoms with E-state index in [9.17, 15) is 4.79 Å². The predicted molar refractivity (Wildman–Crippen MR) is 85.6 cm³/mol. The number of hydrogen-bond acceptors (Lipinski definition) is 4. The first-order valence-corrected chi connectivity index (χ1v) is 7.49. The van der Waals surface area contributed by atoms with Gasteiger partial charge in [-0.1, -0.05) is 12.1 Å². The average Bonchev–Trinajstić information content (AvgIpc) is 3.14. The third kappa shape index (κ3) is 2.96. The largest absolute Gasteiger partial charge is 0.369 e. The van der Waals surface area contributed by atoms with Crippen molar-refractivity contribution in [3.8, 4) is 0 Å². The van der Waals surface area contributed by atoms with Gasteiger partial charge in [-0.25, -0.2) is 0 Å². The second-order valence-corrected chi connectivity index (χ2v) is 5.64. The Hall–Kier alpha value is -2.34. The van der Waals surface area contributed by atoms with Gasteiger partial charge in [-0.2, -0.15) is 5.10 Å². The zero-order chi connectivity index (χ0) is 15.5. The fraction of sp³-hybridized carbons (Fsp3) is 0.375. The maximum absolute atomic E-state index is 11.5. The lowest BCUT2D eigenvalue weighted by Crippen LogP contribution is -2.33. The topological polar surface area (TPSA) is 76.2 Å². The number of amides is 1. The molecule has 116 valence electrons. The second-order valence-electron chi connectivity index (χ2n) is 5.64. The monoisotopic (exact) mass is 299 g/mol. The van der Waals surface area contributed by atoms with Gasteiger partial charge in [0.15, 0.2) is 0 Å². The molecule has 1 amide bonds. The van der Waals surface area contributed by atoms with Gasteiger partial charge in [0.1, 0.15) is 0 Å². The van der Waals surface area contributed by atoms with E-state index in [2.05, 4.69) is 15.3 Å². The second kappa shape index (κ2) is 6.19. The third-order valence-electron chi connectivity index (χ3n) is 4.19. The van der Waals surface area contributed by atoms with Crippen molar-refractivity contribution in [3.05, 3.63) is 47.8 Å². The summed E-state index contributed by atoms with van der Waals surface area (Å²) in [4.78, 5) is 13.8. The number of nitrogens with one attached hydrogen (secondary N) is 1. The molecule has 1 aliphatic heterocycles. The highest BCUT2D eigenvalue weighted by atomic mass is 16.1. The summed E-state index contributed by atoms with van der Waals surface area (Å²) in [5, 5.41) is 7.72. The molecule has 0 spiro atoms. The van der Waals surface area contributed by atoms with Crippen LogP contribution in [0.15, 0.2) is 36.5 Å². The summed E-state index contributed by atoms with van der Waals surface area (Å²) in [6.07, 6.45) is 2.85. The summed E-state index contributed by atoms with van der Waals surface area (Å²) in [7, 11) is 1.95. The highest BCUT2D eigenvalue weighted by Crippen LogP contribution is 2.24. The first-order valence-electron chi connectivity index (χ1n) is 7.49. The molecule has 1 saturated heterocycles. The first kappa shape index (κ1) is 14.6. The molecule has 2 aromatic rings. The molecule has 1 aliphatic rings. The molecule has 1 aromatic heterocycles. The summed E-state index contributed by atoms with van der Waals surface area (Å²) in [6, 6.07) is 9.95. The summed E-state index contributed by atoms with van der Waals surface area (Å²) in [5.41, 5.74) is 8.15. The molecule has 3 rings (SSSR count). The van der Waals surface area contributed by atoms with Crippen molar-refractivity contribution in [1.82, 2.24) is 15.1 Å². The molecule has 0 saturated carbocycles. The number of para-hydroxylation sites is 1. The van der Waals surface area contributed by atoms with Gasteiger partial charge in [-0.3, -0.25) is 9.48 Å². The van der Waals surface area contributed by atoms with Crippen molar-refractivity contribution in [2.75, 3.05) is 18.0 Å². The van der Waals surface area contributed by atoms with Crippen LogP contribution in [0, 0.1) is 0 Å². The average molecular weight is 299 g/mol. The van der Waals surface area contributed by atoms with E-state index in [0.717, 1.165) is 37.4 Å². The minimum Gasteiger partial charge on any atom is -0.369 e. The Bertz CT molecular complexity index is 666. The van der Waals surface area contributed by atoms with Gasteiger partial charge in [0, 0.05) is 44.6 Å². The van der Waals surface area contributed by atoms with Gasteiger partial charge in [-0.05, 0) is 24.6 Å². The van der Waals surface area contributed by atoms with Crippen molar-refractivity contribution in [2.24, 2.45) is 12.8 Å². The first-order chi connectivity index (χ1) is 10.6. The van der Waals surface area contributed by atoms with Gasteiger partial charge >= 0.3 is 0 Å². The number of primary amides is 1. The highest BCUT2D eigenvalue weighted by Gasteiger charge is 2.24. The van der Waals surface area contributed by atoms with Crippen LogP contribution in [0.2, 0.25) is 0 Å². The van der Waals surface area contributed by atoms with Gasteiger partial charge < -0.3 is 16.0 Å². The Morgan fingerprint density at radius 1 is 1.41 bits per heavy atom. The number of aromatic nitrogens is 2. The molecular formula is C16H21N5O. The third-order valence-corrected chi connectivity index (χ3v) is 4.19. The van der Waals surface area contributed by atoms with Crippen molar-refractivity contribution in [2.45, 2.75) is 19.0 Å². The van der Waals surface area contributed by atoms with Crippen molar-refractivity contribution in [3.63, 3.8) is 0 Å². The number of carbonyl (C=O) groups excluding carboxylic acids is 1. The van der Waals surface area contributed by atoms with E-state index < -0.39 is 0 Å². The maximum Gasteiger partial charge on any atom is 0.250 e. The number of anilines is 1. The molecule has 0 aliphatic carbocycles. The molecule has 3 N–H and O–H groups in total. The van der Waals surface area contributed by atoms with Crippen LogP contribution < -0.4 is 16.0 Å². The summed E-state index contributed by atoms with van der Waals surface area (Å²) >= 11 is 0. The van der Waals surface area contributed by atoms with E-state index in [1.54, 1.807) is 12.3 Å². The van der Waals surface area contributed by atoms with E-state index in [0.29, 0.717) is 11.6 Å². The lowest BCUT2D eigenvalue weighted by atomic mass is 10.1. The normalized spacial score (nSPS) is 17.9. The van der Waals surface area contributed by atoms with Crippen molar-refractivity contribution < 1.29 is 4.79 Å². The Balaban J connectivity index is 1.63. The standard InChI is InChI=1S/C16H21N5O/c1-20-13(6-8-19-20)10-18-12-7-9-21(11-12)15-5-3-2-4-14(15)16(17)22/h2-6,8,12,18H,7,9-11H2,1H3,(H2,17,22). The SMILES string of the molecule is Cn1nccc1CNC1CCN(c2ccccc2C(N)=O)C1. The molecule has 0 bridgehead atoms. The molecule has 6 heteroatoms.